The van der Waals surface area contributed by atoms with Gasteiger partial charge in [-0.2, -0.15) is 0 Å². The highest BCUT2D eigenvalue weighted by molar-refractivity contribution is 5.73. The summed E-state index contributed by atoms with van der Waals surface area (Å²) in [6.45, 7) is 3.96. The lowest BCUT2D eigenvalue weighted by Gasteiger charge is -2.14. The average molecular weight is 179 g/mol. The van der Waals surface area contributed by atoms with Crippen molar-refractivity contribution in [2.45, 2.75) is 39.2 Å². The Morgan fingerprint density at radius 3 is 2.85 bits per heavy atom. The third-order valence-electron chi connectivity index (χ3n) is 4.85. The molecule has 0 aromatic heterocycles. The maximum atomic E-state index is 11.0. The fourth-order valence-corrected chi connectivity index (χ4v) is 4.44. The topological polar surface area (TPSA) is 29.1 Å². The van der Waals surface area contributed by atoms with E-state index in [4.69, 9.17) is 0 Å². The first-order chi connectivity index (χ1) is 6.19. The van der Waals surface area contributed by atoms with Crippen molar-refractivity contribution in [3.8, 4) is 0 Å². The van der Waals surface area contributed by atoms with E-state index in [2.05, 4.69) is 12.2 Å². The monoisotopic (exact) mass is 179 g/mol. The Morgan fingerprint density at radius 1 is 1.62 bits per heavy atom. The van der Waals surface area contributed by atoms with E-state index in [0.29, 0.717) is 11.5 Å². The van der Waals surface area contributed by atoms with Crippen molar-refractivity contribution >= 4 is 5.91 Å². The zero-order valence-corrected chi connectivity index (χ0v) is 8.34. The molecule has 5 atom stereocenters. The Balaban J connectivity index is 1.80. The van der Waals surface area contributed by atoms with Crippen LogP contribution in [0.25, 0.3) is 0 Å². The van der Waals surface area contributed by atoms with Crippen molar-refractivity contribution in [3.05, 3.63) is 0 Å². The molecule has 0 radical (unpaired) electrons. The van der Waals surface area contributed by atoms with Crippen molar-refractivity contribution in [3.63, 3.8) is 0 Å². The van der Waals surface area contributed by atoms with E-state index in [0.717, 1.165) is 17.8 Å². The van der Waals surface area contributed by atoms with Crippen LogP contribution in [-0.4, -0.2) is 11.9 Å². The highest BCUT2D eigenvalue weighted by atomic mass is 16.1. The third-order valence-corrected chi connectivity index (χ3v) is 4.85. The Labute approximate surface area is 79.1 Å². The molecule has 4 fully saturated rings. The summed E-state index contributed by atoms with van der Waals surface area (Å²) < 4.78 is 0. The number of hydrogen-bond acceptors (Lipinski definition) is 1. The first-order valence-electron chi connectivity index (χ1n) is 5.46. The van der Waals surface area contributed by atoms with Crippen LogP contribution in [-0.2, 0) is 4.79 Å². The van der Waals surface area contributed by atoms with Gasteiger partial charge in [-0.3, -0.25) is 4.79 Å². The Bertz CT molecular complexity index is 275. The van der Waals surface area contributed by atoms with Crippen molar-refractivity contribution in [1.82, 2.24) is 5.32 Å². The summed E-state index contributed by atoms with van der Waals surface area (Å²) >= 11 is 0. The maximum Gasteiger partial charge on any atom is 0.217 e. The molecule has 4 bridgehead atoms. The number of amides is 1. The van der Waals surface area contributed by atoms with Gasteiger partial charge in [0.1, 0.15) is 0 Å². The van der Waals surface area contributed by atoms with E-state index in [1.54, 1.807) is 6.92 Å². The first-order valence-corrected chi connectivity index (χ1v) is 5.46. The van der Waals surface area contributed by atoms with Crippen LogP contribution in [0, 0.1) is 23.2 Å². The predicted octanol–water partition coefficient (Wildman–Crippen LogP) is 1.56. The summed E-state index contributed by atoms with van der Waals surface area (Å²) in [5, 5.41) is 3.14. The van der Waals surface area contributed by atoms with Crippen LogP contribution >= 0.6 is 0 Å². The Morgan fingerprint density at radius 2 is 2.38 bits per heavy atom. The molecule has 4 rings (SSSR count). The molecule has 0 aromatic rings. The summed E-state index contributed by atoms with van der Waals surface area (Å²) in [4.78, 5) is 11.0. The smallest absolute Gasteiger partial charge is 0.217 e. The van der Waals surface area contributed by atoms with Gasteiger partial charge in [0.25, 0.3) is 0 Å². The van der Waals surface area contributed by atoms with Crippen LogP contribution in [0.5, 0.6) is 0 Å². The number of rotatable bonds is 2. The molecule has 0 spiro atoms. The first kappa shape index (κ1) is 7.84. The lowest BCUT2D eigenvalue weighted by atomic mass is 10.0. The van der Waals surface area contributed by atoms with Crippen LogP contribution in [0.2, 0.25) is 0 Å². The molecule has 4 saturated carbocycles. The molecule has 4 aliphatic carbocycles. The molecule has 0 saturated heterocycles. The van der Waals surface area contributed by atoms with Crippen molar-refractivity contribution in [2.75, 3.05) is 0 Å². The highest BCUT2D eigenvalue weighted by Gasteiger charge is 2.77. The lowest BCUT2D eigenvalue weighted by Crippen LogP contribution is -2.35. The molecule has 72 valence electrons. The largest absolute Gasteiger partial charge is 0.353 e. The standard InChI is InChI=1S/C11H17NO/c1-3-11-5-7-4-8(11)9(11)10(7)12-6(2)13/h7-10H,3-5H2,1-2H3,(H,12,13). The SMILES string of the molecule is CCC12CC3CC1C2C3NC(C)=O. The molecule has 0 heterocycles. The van der Waals surface area contributed by atoms with Crippen LogP contribution in [0.15, 0.2) is 0 Å². The molecule has 2 nitrogen and oxygen atoms in total. The van der Waals surface area contributed by atoms with Crippen LogP contribution in [0.3, 0.4) is 0 Å². The second-order valence-electron chi connectivity index (χ2n) is 5.15. The van der Waals surface area contributed by atoms with E-state index < -0.39 is 0 Å². The van der Waals surface area contributed by atoms with Gasteiger partial charge in [-0.25, -0.2) is 0 Å². The zero-order chi connectivity index (χ0) is 9.22. The molecular formula is C11H17NO. The minimum atomic E-state index is 0.162. The van der Waals surface area contributed by atoms with Gasteiger partial charge in [0.15, 0.2) is 0 Å². The third kappa shape index (κ3) is 0.733. The quantitative estimate of drug-likeness (QED) is 0.684. The minimum Gasteiger partial charge on any atom is -0.353 e. The average Bonchev–Trinajstić information content (AvgIpc) is 2.48. The molecule has 5 unspecified atom stereocenters. The summed E-state index contributed by atoms with van der Waals surface area (Å²) in [6.07, 6.45) is 4.11. The Kier molecular flexibility index (Phi) is 1.27. The fourth-order valence-electron chi connectivity index (χ4n) is 4.44. The van der Waals surface area contributed by atoms with Crippen LogP contribution in [0.1, 0.15) is 33.1 Å². The molecule has 1 amide bonds. The molecule has 0 aromatic carbocycles. The van der Waals surface area contributed by atoms with Crippen molar-refractivity contribution in [2.24, 2.45) is 23.2 Å². The molecule has 4 aliphatic rings. The number of nitrogens with one attached hydrogen (secondary N) is 1. The molecular weight excluding hydrogens is 162 g/mol. The maximum absolute atomic E-state index is 11.0. The normalized spacial score (nSPS) is 55.2. The van der Waals surface area contributed by atoms with E-state index in [1.165, 1.54) is 19.3 Å². The van der Waals surface area contributed by atoms with E-state index >= 15 is 0 Å². The van der Waals surface area contributed by atoms with Gasteiger partial charge in [-0.15, -0.1) is 0 Å². The predicted molar refractivity (Wildman–Crippen MR) is 50.0 cm³/mol. The zero-order valence-electron chi connectivity index (χ0n) is 8.34. The van der Waals surface area contributed by atoms with Crippen LogP contribution < -0.4 is 5.32 Å². The molecule has 0 aliphatic heterocycles. The summed E-state index contributed by atoms with van der Waals surface area (Å²) in [6, 6.07) is 0.544. The second-order valence-corrected chi connectivity index (χ2v) is 5.15. The van der Waals surface area contributed by atoms with Crippen molar-refractivity contribution < 1.29 is 4.79 Å². The van der Waals surface area contributed by atoms with Gasteiger partial charge in [-0.05, 0) is 42.4 Å². The van der Waals surface area contributed by atoms with Gasteiger partial charge in [0.2, 0.25) is 5.91 Å². The highest BCUT2D eigenvalue weighted by Crippen LogP contribution is 2.80. The van der Waals surface area contributed by atoms with Crippen LogP contribution in [0.4, 0.5) is 0 Å². The molecule has 2 heteroatoms. The van der Waals surface area contributed by atoms with E-state index in [1.807, 2.05) is 0 Å². The summed E-state index contributed by atoms with van der Waals surface area (Å²) in [7, 11) is 0. The van der Waals surface area contributed by atoms with E-state index in [9.17, 15) is 4.79 Å². The molecule has 1 N–H and O–H groups in total. The summed E-state index contributed by atoms with van der Waals surface area (Å²) in [5.74, 6) is 2.80. The second kappa shape index (κ2) is 2.10. The minimum absolute atomic E-state index is 0.162. The summed E-state index contributed by atoms with van der Waals surface area (Å²) in [5.41, 5.74) is 0.678. The van der Waals surface area contributed by atoms with Gasteiger partial charge in [-0.1, -0.05) is 6.92 Å². The number of hydrogen-bond donors (Lipinski definition) is 1. The lowest BCUT2D eigenvalue weighted by molar-refractivity contribution is -0.119. The van der Waals surface area contributed by atoms with E-state index in [-0.39, 0.29) is 5.91 Å². The molecule has 13 heavy (non-hydrogen) atoms. The van der Waals surface area contributed by atoms with Gasteiger partial charge >= 0.3 is 0 Å². The van der Waals surface area contributed by atoms with Gasteiger partial charge < -0.3 is 5.32 Å². The number of carbonyl (C=O) groups excluding carboxylic acids is 1. The fraction of sp³-hybridized carbons (Fsp3) is 0.909. The Hall–Kier alpha value is -0.530. The van der Waals surface area contributed by atoms with Gasteiger partial charge in [0.05, 0.1) is 0 Å². The van der Waals surface area contributed by atoms with Gasteiger partial charge in [0, 0.05) is 13.0 Å². The number of carbonyl (C=O) groups is 1. The van der Waals surface area contributed by atoms with Crippen molar-refractivity contribution in [1.29, 1.82) is 0 Å².